The molecule has 8 heteroatoms. The average molecular weight is 407 g/mol. The first-order chi connectivity index (χ1) is 13.9. The van der Waals surface area contributed by atoms with Gasteiger partial charge in [-0.25, -0.2) is 4.79 Å². The largest absolute Gasteiger partial charge is 0.497 e. The lowest BCUT2D eigenvalue weighted by atomic mass is 9.89. The van der Waals surface area contributed by atoms with Crippen molar-refractivity contribution in [2.24, 2.45) is 0 Å². The normalized spacial score (nSPS) is 27.6. The van der Waals surface area contributed by atoms with Crippen molar-refractivity contribution in [1.82, 2.24) is 14.7 Å². The Morgan fingerprint density at radius 3 is 2.31 bits per heavy atom. The van der Waals surface area contributed by atoms with Crippen molar-refractivity contribution in [1.29, 1.82) is 0 Å². The van der Waals surface area contributed by atoms with Crippen LogP contribution in [-0.2, 0) is 9.47 Å². The molecule has 2 aliphatic heterocycles. The molecule has 0 bridgehead atoms. The number of ether oxygens (including phenoxy) is 3. The van der Waals surface area contributed by atoms with Crippen LogP contribution < -0.4 is 10.1 Å². The Hall–Kier alpha value is -1.87. The standard InChI is InChI=1S/C21H34N4O4/c1-23(2)11-16-10-17-12-24(13-19(28-4)20(29-5)14-25(16)17)21(26)22-15-6-8-18(27-3)9-7-15/h6-9,16-17,19-20H,10-14H2,1-5H3,(H,22,26)/t16-,17+,19?,20?/m0/s1. The maximum Gasteiger partial charge on any atom is 0.321 e. The smallest absolute Gasteiger partial charge is 0.321 e. The lowest BCUT2D eigenvalue weighted by molar-refractivity contribution is -0.113. The lowest BCUT2D eigenvalue weighted by Gasteiger charge is -2.54. The molecule has 3 rings (SSSR count). The van der Waals surface area contributed by atoms with E-state index in [1.807, 2.05) is 29.2 Å². The first-order valence-corrected chi connectivity index (χ1v) is 10.1. The Morgan fingerprint density at radius 2 is 1.72 bits per heavy atom. The molecule has 2 unspecified atom stereocenters. The van der Waals surface area contributed by atoms with Crippen LogP contribution in [0.5, 0.6) is 5.75 Å². The van der Waals surface area contributed by atoms with Gasteiger partial charge in [-0.05, 0) is 44.8 Å². The summed E-state index contributed by atoms with van der Waals surface area (Å²) in [7, 11) is 9.22. The molecule has 0 saturated carbocycles. The van der Waals surface area contributed by atoms with E-state index in [1.165, 1.54) is 0 Å². The molecule has 0 radical (unpaired) electrons. The van der Waals surface area contributed by atoms with Crippen LogP contribution in [0.3, 0.4) is 0 Å². The number of methoxy groups -OCH3 is 3. The zero-order chi connectivity index (χ0) is 21.0. The number of amides is 2. The van der Waals surface area contributed by atoms with Gasteiger partial charge < -0.3 is 29.3 Å². The molecule has 1 aromatic rings. The molecule has 29 heavy (non-hydrogen) atoms. The van der Waals surface area contributed by atoms with E-state index in [-0.39, 0.29) is 18.2 Å². The summed E-state index contributed by atoms with van der Waals surface area (Å²) in [6.45, 7) is 3.01. The number of carbonyl (C=O) groups is 1. The molecular formula is C21H34N4O4. The number of nitrogens with one attached hydrogen (secondary N) is 1. The minimum absolute atomic E-state index is 0.0796. The first kappa shape index (κ1) is 21.8. The van der Waals surface area contributed by atoms with Crippen molar-refractivity contribution >= 4 is 11.7 Å². The van der Waals surface area contributed by atoms with Crippen molar-refractivity contribution < 1.29 is 19.0 Å². The lowest BCUT2D eigenvalue weighted by Crippen LogP contribution is -2.68. The Balaban J connectivity index is 1.72. The van der Waals surface area contributed by atoms with Gasteiger partial charge in [0.1, 0.15) is 11.9 Å². The maximum atomic E-state index is 13.0. The second-order valence-corrected chi connectivity index (χ2v) is 8.11. The minimum Gasteiger partial charge on any atom is -0.497 e. The van der Waals surface area contributed by atoms with Gasteiger partial charge in [0, 0.05) is 51.6 Å². The monoisotopic (exact) mass is 406 g/mol. The van der Waals surface area contributed by atoms with Crippen molar-refractivity contribution in [2.75, 3.05) is 66.9 Å². The molecule has 1 N–H and O–H groups in total. The summed E-state index contributed by atoms with van der Waals surface area (Å²) in [5, 5.41) is 3.00. The number of benzene rings is 1. The molecule has 2 amide bonds. The number of nitrogens with zero attached hydrogens (tertiary/aromatic N) is 3. The van der Waals surface area contributed by atoms with Crippen molar-refractivity contribution in [3.8, 4) is 5.75 Å². The predicted molar refractivity (Wildman–Crippen MR) is 113 cm³/mol. The summed E-state index contributed by atoms with van der Waals surface area (Å²) >= 11 is 0. The number of carbonyl (C=O) groups excluding carboxylic acids is 1. The van der Waals surface area contributed by atoms with Gasteiger partial charge in [0.2, 0.25) is 0 Å². The third-order valence-corrected chi connectivity index (χ3v) is 5.93. The quantitative estimate of drug-likeness (QED) is 0.774. The predicted octanol–water partition coefficient (Wildman–Crippen LogP) is 1.58. The molecule has 0 spiro atoms. The summed E-state index contributed by atoms with van der Waals surface area (Å²) in [4.78, 5) is 19.6. The zero-order valence-corrected chi connectivity index (χ0v) is 18.1. The fraction of sp³-hybridized carbons (Fsp3) is 0.667. The van der Waals surface area contributed by atoms with Crippen molar-refractivity contribution in [3.63, 3.8) is 0 Å². The number of hydrogen-bond donors (Lipinski definition) is 1. The van der Waals surface area contributed by atoms with E-state index in [4.69, 9.17) is 14.2 Å². The average Bonchev–Trinajstić information content (AvgIpc) is 2.69. The number of likely N-dealkylation sites (N-methyl/N-ethyl adjacent to an activating group) is 1. The van der Waals surface area contributed by atoms with Crippen molar-refractivity contribution in [2.45, 2.75) is 30.7 Å². The Labute approximate surface area is 173 Å². The topological polar surface area (TPSA) is 66.5 Å². The first-order valence-electron chi connectivity index (χ1n) is 10.1. The third kappa shape index (κ3) is 5.19. The van der Waals surface area contributed by atoms with Crippen LogP contribution in [0.4, 0.5) is 10.5 Å². The number of hydrogen-bond acceptors (Lipinski definition) is 6. The zero-order valence-electron chi connectivity index (χ0n) is 18.1. The van der Waals surface area contributed by atoms with E-state index < -0.39 is 0 Å². The minimum atomic E-state index is -0.178. The van der Waals surface area contributed by atoms with Crippen LogP contribution in [0.25, 0.3) is 0 Å². The second kappa shape index (κ2) is 9.75. The van der Waals surface area contributed by atoms with E-state index in [2.05, 4.69) is 29.2 Å². The molecule has 4 atom stereocenters. The summed E-state index contributed by atoms with van der Waals surface area (Å²) in [5.74, 6) is 0.758. The van der Waals surface area contributed by atoms with Crippen LogP contribution in [0.1, 0.15) is 6.42 Å². The van der Waals surface area contributed by atoms with Gasteiger partial charge in [0.25, 0.3) is 0 Å². The highest BCUT2D eigenvalue weighted by Crippen LogP contribution is 2.30. The number of anilines is 1. The van der Waals surface area contributed by atoms with E-state index >= 15 is 0 Å². The second-order valence-electron chi connectivity index (χ2n) is 8.11. The van der Waals surface area contributed by atoms with Gasteiger partial charge in [-0.2, -0.15) is 0 Å². The highest BCUT2D eigenvalue weighted by atomic mass is 16.5. The summed E-state index contributed by atoms with van der Waals surface area (Å²) in [6.07, 6.45) is 0.825. The van der Waals surface area contributed by atoms with E-state index in [0.717, 1.165) is 30.9 Å². The van der Waals surface area contributed by atoms with Crippen molar-refractivity contribution in [3.05, 3.63) is 24.3 Å². The van der Waals surface area contributed by atoms with Gasteiger partial charge in [-0.15, -0.1) is 0 Å². The van der Waals surface area contributed by atoms with Crippen LogP contribution in [0, 0.1) is 0 Å². The van der Waals surface area contributed by atoms with E-state index in [1.54, 1.807) is 21.3 Å². The molecule has 0 aliphatic carbocycles. The van der Waals surface area contributed by atoms with Crippen LogP contribution >= 0.6 is 0 Å². The molecule has 2 aliphatic rings. The summed E-state index contributed by atoms with van der Waals surface area (Å²) in [6, 6.07) is 8.06. The van der Waals surface area contributed by atoms with Gasteiger partial charge in [-0.3, -0.25) is 4.90 Å². The van der Waals surface area contributed by atoms with Crippen LogP contribution in [0.15, 0.2) is 24.3 Å². The number of urea groups is 1. The highest BCUT2D eigenvalue weighted by molar-refractivity contribution is 5.89. The van der Waals surface area contributed by atoms with E-state index in [9.17, 15) is 4.79 Å². The molecule has 1 aromatic carbocycles. The van der Waals surface area contributed by atoms with Gasteiger partial charge in [-0.1, -0.05) is 0 Å². The van der Waals surface area contributed by atoms with Gasteiger partial charge in [0.05, 0.1) is 19.8 Å². The van der Waals surface area contributed by atoms with Crippen LogP contribution in [0.2, 0.25) is 0 Å². The van der Waals surface area contributed by atoms with E-state index in [0.29, 0.717) is 25.2 Å². The fourth-order valence-corrected chi connectivity index (χ4v) is 4.31. The van der Waals surface area contributed by atoms with Gasteiger partial charge in [0.15, 0.2) is 0 Å². The molecule has 0 aromatic heterocycles. The maximum absolute atomic E-state index is 13.0. The molecular weight excluding hydrogens is 372 g/mol. The van der Waals surface area contributed by atoms with Gasteiger partial charge >= 0.3 is 6.03 Å². The highest BCUT2D eigenvalue weighted by Gasteiger charge is 2.44. The SMILES string of the molecule is COc1ccc(NC(=O)N2CC(OC)C(OC)CN3[C@H](C[C@H]3CN(C)C)C2)cc1. The third-order valence-electron chi connectivity index (χ3n) is 5.93. The molecule has 2 heterocycles. The Kier molecular flexibility index (Phi) is 7.34. The molecule has 8 nitrogen and oxygen atoms in total. The number of fused-ring (bicyclic) bond motifs is 1. The Bertz CT molecular complexity index is 669. The molecule has 2 fully saturated rings. The molecule has 2 saturated heterocycles. The Morgan fingerprint density at radius 1 is 1.07 bits per heavy atom. The fourth-order valence-electron chi connectivity index (χ4n) is 4.31. The number of rotatable bonds is 6. The summed E-state index contributed by atoms with van der Waals surface area (Å²) in [5.41, 5.74) is 0.742. The summed E-state index contributed by atoms with van der Waals surface area (Å²) < 4.78 is 16.7. The van der Waals surface area contributed by atoms with Crippen LogP contribution in [-0.4, -0.2) is 107 Å². The molecule has 162 valence electrons.